The lowest BCUT2D eigenvalue weighted by atomic mass is 10.1. The van der Waals surface area contributed by atoms with Crippen LogP contribution in [0.15, 0.2) is 30.6 Å². The summed E-state index contributed by atoms with van der Waals surface area (Å²) in [5.41, 5.74) is 0.778. The lowest BCUT2D eigenvalue weighted by molar-refractivity contribution is -0.130. The summed E-state index contributed by atoms with van der Waals surface area (Å²) in [6.45, 7) is 1.34. The van der Waals surface area contributed by atoms with Gasteiger partial charge in [0.15, 0.2) is 0 Å². The molecular formula is C15H16ClFN4O. The minimum Gasteiger partial charge on any atom is -0.340 e. The number of carbonyl (C=O) groups excluding carboxylic acids is 1. The summed E-state index contributed by atoms with van der Waals surface area (Å²) >= 11 is 5.65. The van der Waals surface area contributed by atoms with Crippen LogP contribution in [0, 0.1) is 5.82 Å². The summed E-state index contributed by atoms with van der Waals surface area (Å²) in [5, 5.41) is 8.34. The summed E-state index contributed by atoms with van der Waals surface area (Å²) in [6, 6.07) is 4.80. The number of benzene rings is 1. The maximum absolute atomic E-state index is 13.4. The van der Waals surface area contributed by atoms with E-state index in [1.54, 1.807) is 23.3 Å². The molecule has 0 aliphatic carbocycles. The van der Waals surface area contributed by atoms with Gasteiger partial charge in [0.1, 0.15) is 5.82 Å². The highest BCUT2D eigenvalue weighted by molar-refractivity contribution is 6.30. The van der Waals surface area contributed by atoms with Gasteiger partial charge in [-0.3, -0.25) is 4.79 Å². The van der Waals surface area contributed by atoms with E-state index < -0.39 is 5.82 Å². The molecule has 0 N–H and O–H groups in total. The summed E-state index contributed by atoms with van der Waals surface area (Å²) in [4.78, 5) is 15.7. The van der Waals surface area contributed by atoms with E-state index in [2.05, 4.69) is 10.2 Å². The predicted molar refractivity (Wildman–Crippen MR) is 80.0 cm³/mol. The zero-order valence-corrected chi connectivity index (χ0v) is 12.7. The fraction of sp³-hybridized carbons (Fsp3) is 0.400. The first-order valence-electron chi connectivity index (χ1n) is 7.21. The second-order valence-corrected chi connectivity index (χ2v) is 5.79. The molecule has 0 bridgehead atoms. The van der Waals surface area contributed by atoms with Gasteiger partial charge in [-0.1, -0.05) is 17.7 Å². The molecule has 5 nitrogen and oxygen atoms in total. The number of carbonyl (C=O) groups is 1. The van der Waals surface area contributed by atoms with Gasteiger partial charge in [-0.2, -0.15) is 15.0 Å². The van der Waals surface area contributed by atoms with Crippen LogP contribution in [0.4, 0.5) is 4.39 Å². The lowest BCUT2D eigenvalue weighted by Crippen LogP contribution is -2.29. The molecule has 1 aliphatic rings. The Morgan fingerprint density at radius 2 is 2.14 bits per heavy atom. The van der Waals surface area contributed by atoms with E-state index in [0.29, 0.717) is 25.9 Å². The van der Waals surface area contributed by atoms with E-state index in [1.807, 2.05) is 4.90 Å². The Bertz CT molecular complexity index is 662. The van der Waals surface area contributed by atoms with Gasteiger partial charge in [-0.25, -0.2) is 4.39 Å². The van der Waals surface area contributed by atoms with Crippen molar-refractivity contribution in [2.75, 3.05) is 13.1 Å². The molecule has 1 atom stereocenters. The SMILES string of the molecule is O=C(CCc1ccc(Cl)c(F)c1)N1CCC(n2nccn2)C1. The van der Waals surface area contributed by atoms with E-state index in [0.717, 1.165) is 12.0 Å². The number of aryl methyl sites for hydroxylation is 1. The van der Waals surface area contributed by atoms with Crippen molar-refractivity contribution in [2.45, 2.75) is 25.3 Å². The number of amides is 1. The summed E-state index contributed by atoms with van der Waals surface area (Å²) < 4.78 is 13.4. The lowest BCUT2D eigenvalue weighted by Gasteiger charge is -2.16. The molecule has 1 unspecified atom stereocenters. The standard InChI is InChI=1S/C15H16ClFN4O/c16-13-3-1-11(9-14(13)17)2-4-15(22)20-8-5-12(10-20)21-18-6-7-19-21/h1,3,6-7,9,12H,2,4-5,8,10H2. The number of aromatic nitrogens is 3. The maximum atomic E-state index is 13.4. The number of likely N-dealkylation sites (tertiary alicyclic amines) is 1. The van der Waals surface area contributed by atoms with Gasteiger partial charge < -0.3 is 4.90 Å². The number of nitrogens with zero attached hydrogens (tertiary/aromatic N) is 4. The van der Waals surface area contributed by atoms with Gasteiger partial charge in [0, 0.05) is 19.5 Å². The first-order valence-corrected chi connectivity index (χ1v) is 7.59. The zero-order chi connectivity index (χ0) is 15.5. The van der Waals surface area contributed by atoms with Crippen LogP contribution in [0.3, 0.4) is 0 Å². The van der Waals surface area contributed by atoms with Crippen molar-refractivity contribution >= 4 is 17.5 Å². The molecule has 22 heavy (non-hydrogen) atoms. The molecule has 1 aliphatic heterocycles. The Morgan fingerprint density at radius 1 is 1.36 bits per heavy atom. The summed E-state index contributed by atoms with van der Waals surface area (Å²) in [5.74, 6) is -0.373. The highest BCUT2D eigenvalue weighted by Gasteiger charge is 2.27. The smallest absolute Gasteiger partial charge is 0.222 e. The molecule has 1 aromatic heterocycles. The number of rotatable bonds is 4. The van der Waals surface area contributed by atoms with E-state index in [9.17, 15) is 9.18 Å². The Balaban J connectivity index is 1.53. The molecule has 0 spiro atoms. The summed E-state index contributed by atoms with van der Waals surface area (Å²) in [7, 11) is 0. The van der Waals surface area contributed by atoms with Crippen LogP contribution in [0.25, 0.3) is 0 Å². The van der Waals surface area contributed by atoms with Gasteiger partial charge >= 0.3 is 0 Å². The molecular weight excluding hydrogens is 307 g/mol. The Kier molecular flexibility index (Phi) is 4.38. The van der Waals surface area contributed by atoms with Crippen molar-refractivity contribution < 1.29 is 9.18 Å². The topological polar surface area (TPSA) is 51.0 Å². The van der Waals surface area contributed by atoms with Crippen LogP contribution in [0.1, 0.15) is 24.4 Å². The van der Waals surface area contributed by atoms with Crippen LogP contribution < -0.4 is 0 Å². The Hall–Kier alpha value is -1.95. The quantitative estimate of drug-likeness (QED) is 0.869. The average molecular weight is 323 g/mol. The molecule has 1 aromatic carbocycles. The van der Waals surface area contributed by atoms with Crippen molar-refractivity contribution in [1.29, 1.82) is 0 Å². The first-order chi connectivity index (χ1) is 10.6. The largest absolute Gasteiger partial charge is 0.340 e. The van der Waals surface area contributed by atoms with Gasteiger partial charge in [0.2, 0.25) is 5.91 Å². The molecule has 2 aromatic rings. The van der Waals surface area contributed by atoms with Crippen LogP contribution in [-0.4, -0.2) is 38.9 Å². The zero-order valence-electron chi connectivity index (χ0n) is 12.0. The van der Waals surface area contributed by atoms with E-state index in [4.69, 9.17) is 11.6 Å². The van der Waals surface area contributed by atoms with Crippen molar-refractivity contribution in [1.82, 2.24) is 19.9 Å². The normalized spacial score (nSPS) is 17.9. The molecule has 7 heteroatoms. The average Bonchev–Trinajstić information content (AvgIpc) is 3.18. The fourth-order valence-electron chi connectivity index (χ4n) is 2.68. The third-order valence-electron chi connectivity index (χ3n) is 3.89. The Labute approximate surface area is 132 Å². The van der Waals surface area contributed by atoms with Crippen molar-refractivity contribution in [3.8, 4) is 0 Å². The molecule has 1 fully saturated rings. The summed E-state index contributed by atoms with van der Waals surface area (Å²) in [6.07, 6.45) is 5.00. The second kappa shape index (κ2) is 6.44. The van der Waals surface area contributed by atoms with E-state index >= 15 is 0 Å². The predicted octanol–water partition coefficient (Wildman–Crippen LogP) is 2.48. The third-order valence-corrected chi connectivity index (χ3v) is 4.20. The minimum atomic E-state index is -0.447. The van der Waals surface area contributed by atoms with Crippen LogP contribution in [0.5, 0.6) is 0 Å². The van der Waals surface area contributed by atoms with Crippen molar-refractivity contribution in [3.05, 3.63) is 47.0 Å². The van der Waals surface area contributed by atoms with Crippen LogP contribution in [-0.2, 0) is 11.2 Å². The third kappa shape index (κ3) is 3.27. The highest BCUT2D eigenvalue weighted by atomic mass is 35.5. The number of hydrogen-bond acceptors (Lipinski definition) is 3. The van der Waals surface area contributed by atoms with E-state index in [-0.39, 0.29) is 17.0 Å². The Morgan fingerprint density at radius 3 is 2.86 bits per heavy atom. The van der Waals surface area contributed by atoms with Crippen molar-refractivity contribution in [2.24, 2.45) is 0 Å². The number of halogens is 2. The van der Waals surface area contributed by atoms with Crippen LogP contribution in [0.2, 0.25) is 5.02 Å². The van der Waals surface area contributed by atoms with E-state index in [1.165, 1.54) is 12.1 Å². The molecule has 116 valence electrons. The number of hydrogen-bond donors (Lipinski definition) is 0. The van der Waals surface area contributed by atoms with Gasteiger partial charge in [-0.05, 0) is 30.5 Å². The molecule has 1 amide bonds. The molecule has 0 saturated carbocycles. The van der Waals surface area contributed by atoms with Crippen LogP contribution >= 0.6 is 11.6 Å². The fourth-order valence-corrected chi connectivity index (χ4v) is 2.79. The van der Waals surface area contributed by atoms with Crippen molar-refractivity contribution in [3.63, 3.8) is 0 Å². The first kappa shape index (κ1) is 15.0. The molecule has 2 heterocycles. The molecule has 1 saturated heterocycles. The second-order valence-electron chi connectivity index (χ2n) is 5.38. The van der Waals surface area contributed by atoms with Gasteiger partial charge in [0.05, 0.1) is 23.5 Å². The van der Waals surface area contributed by atoms with Gasteiger partial charge in [-0.15, -0.1) is 0 Å². The molecule has 3 rings (SSSR count). The highest BCUT2D eigenvalue weighted by Crippen LogP contribution is 2.21. The minimum absolute atomic E-state index is 0.0741. The monoisotopic (exact) mass is 322 g/mol. The maximum Gasteiger partial charge on any atom is 0.222 e. The molecule has 0 radical (unpaired) electrons. The van der Waals surface area contributed by atoms with Gasteiger partial charge in [0.25, 0.3) is 0 Å².